The molecule has 0 aliphatic carbocycles. The topological polar surface area (TPSA) is 50.5 Å². The van der Waals surface area contributed by atoms with Crippen molar-refractivity contribution in [2.24, 2.45) is 0 Å². The Hall–Kier alpha value is -1.47. The van der Waals surface area contributed by atoms with Gasteiger partial charge in [0.1, 0.15) is 16.4 Å². The Bertz CT molecular complexity index is 1060. The van der Waals surface area contributed by atoms with Crippen molar-refractivity contribution in [2.75, 3.05) is 20.1 Å². The number of unbranched alkanes of at least 4 members (excludes halogenated alkanes) is 2. The van der Waals surface area contributed by atoms with Crippen molar-refractivity contribution in [2.45, 2.75) is 45.2 Å². The zero-order valence-electron chi connectivity index (χ0n) is 19.0. The third kappa shape index (κ3) is 7.78. The predicted molar refractivity (Wildman–Crippen MR) is 137 cm³/mol. The van der Waals surface area contributed by atoms with Gasteiger partial charge in [-0.3, -0.25) is 4.79 Å². The third-order valence-corrected chi connectivity index (χ3v) is 6.09. The Morgan fingerprint density at radius 3 is 2.39 bits per heavy atom. The lowest BCUT2D eigenvalue weighted by Gasteiger charge is -2.14. The van der Waals surface area contributed by atoms with Gasteiger partial charge in [-0.25, -0.2) is 9.50 Å². The standard InChI is InChI=1S/C14H8BrClF2N3OP.C9H21N/c15-8-3-1-7(2-4-8)9-5-11(14(17,18)23)21-13(19-9)12(16)10(6-22)20-21;1-4-6-7-9-10(3)8-5-2/h1-6H,23H2;4-9H2,1-3H3. The number of rotatable bonds is 9. The van der Waals surface area contributed by atoms with Gasteiger partial charge in [0.15, 0.2) is 11.9 Å². The van der Waals surface area contributed by atoms with Crippen LogP contribution in [0.15, 0.2) is 34.8 Å². The van der Waals surface area contributed by atoms with E-state index in [4.69, 9.17) is 11.6 Å². The third-order valence-electron chi connectivity index (χ3n) is 4.90. The lowest BCUT2D eigenvalue weighted by atomic mass is 10.1. The number of carbonyl (C=O) groups excluding carboxylic acids is 1. The second-order valence-corrected chi connectivity index (χ2v) is 9.74. The molecule has 2 heterocycles. The molecule has 1 aromatic carbocycles. The highest BCUT2D eigenvalue weighted by atomic mass is 79.9. The molecule has 3 aromatic rings. The highest BCUT2D eigenvalue weighted by molar-refractivity contribution is 9.10. The van der Waals surface area contributed by atoms with Crippen LogP contribution in [0.1, 0.15) is 55.7 Å². The zero-order valence-corrected chi connectivity index (χ0v) is 22.5. The van der Waals surface area contributed by atoms with Gasteiger partial charge in [0, 0.05) is 10.0 Å². The first-order chi connectivity index (χ1) is 15.6. The normalized spacial score (nSPS) is 11.5. The molecule has 0 saturated heterocycles. The lowest BCUT2D eigenvalue weighted by Crippen LogP contribution is -2.20. The van der Waals surface area contributed by atoms with Crippen molar-refractivity contribution < 1.29 is 13.6 Å². The molecule has 1 atom stereocenters. The molecule has 5 nitrogen and oxygen atoms in total. The highest BCUT2D eigenvalue weighted by Crippen LogP contribution is 2.37. The molecule has 0 N–H and O–H groups in total. The van der Waals surface area contributed by atoms with Crippen LogP contribution in [-0.4, -0.2) is 45.9 Å². The second kappa shape index (κ2) is 12.8. The molecule has 0 spiro atoms. The van der Waals surface area contributed by atoms with Gasteiger partial charge in [0.2, 0.25) is 0 Å². The molecular formula is C23H29BrClF2N4OP. The first-order valence-electron chi connectivity index (χ1n) is 10.8. The summed E-state index contributed by atoms with van der Waals surface area (Å²) in [7, 11) is 3.66. The van der Waals surface area contributed by atoms with E-state index in [0.717, 1.165) is 8.99 Å². The molecule has 0 aliphatic rings. The molecule has 0 fully saturated rings. The van der Waals surface area contributed by atoms with Gasteiger partial charge in [-0.1, -0.05) is 75.6 Å². The monoisotopic (exact) mass is 560 g/mol. The summed E-state index contributed by atoms with van der Waals surface area (Å²) in [4.78, 5) is 17.6. The summed E-state index contributed by atoms with van der Waals surface area (Å²) in [5.74, 6) is 0. The average Bonchev–Trinajstić information content (AvgIpc) is 3.09. The number of nitrogens with zero attached hydrogens (tertiary/aromatic N) is 4. The maximum Gasteiger partial charge on any atom is 0.300 e. The lowest BCUT2D eigenvalue weighted by molar-refractivity contribution is 0.0956. The van der Waals surface area contributed by atoms with Crippen LogP contribution in [0.4, 0.5) is 8.78 Å². The van der Waals surface area contributed by atoms with Crippen LogP contribution < -0.4 is 0 Å². The van der Waals surface area contributed by atoms with E-state index in [1.807, 2.05) is 0 Å². The van der Waals surface area contributed by atoms with Crippen molar-refractivity contribution in [1.82, 2.24) is 19.5 Å². The van der Waals surface area contributed by atoms with E-state index in [-0.39, 0.29) is 16.4 Å². The highest BCUT2D eigenvalue weighted by Gasteiger charge is 2.31. The number of halogens is 4. The van der Waals surface area contributed by atoms with E-state index in [2.05, 4.69) is 51.8 Å². The number of benzene rings is 1. The minimum absolute atomic E-state index is 0.00584. The maximum absolute atomic E-state index is 13.9. The van der Waals surface area contributed by atoms with E-state index in [1.54, 1.807) is 24.3 Å². The first-order valence-corrected chi connectivity index (χ1v) is 12.5. The Morgan fingerprint density at radius 1 is 1.18 bits per heavy atom. The van der Waals surface area contributed by atoms with Gasteiger partial charge in [0.25, 0.3) is 5.66 Å². The van der Waals surface area contributed by atoms with E-state index in [1.165, 1.54) is 54.1 Å². The minimum Gasteiger partial charge on any atom is -0.306 e. The Balaban J connectivity index is 0.000000328. The van der Waals surface area contributed by atoms with Crippen molar-refractivity contribution in [1.29, 1.82) is 0 Å². The van der Waals surface area contributed by atoms with Crippen LogP contribution >= 0.6 is 36.8 Å². The molecule has 0 bridgehead atoms. The summed E-state index contributed by atoms with van der Waals surface area (Å²) in [6.45, 7) is 7.02. The Labute approximate surface area is 209 Å². The van der Waals surface area contributed by atoms with Crippen LogP contribution in [0.5, 0.6) is 0 Å². The van der Waals surface area contributed by atoms with Crippen molar-refractivity contribution in [3.8, 4) is 11.3 Å². The SMILES string of the molecule is CCCCCN(C)CCC.O=Cc1nn2c(C(F)(F)P)cc(-c3ccc(Br)cc3)nc2c1Cl. The minimum atomic E-state index is -3.26. The maximum atomic E-state index is 13.9. The number of fused-ring (bicyclic) bond motifs is 1. The molecule has 0 amide bonds. The Kier molecular flexibility index (Phi) is 10.8. The van der Waals surface area contributed by atoms with Crippen molar-refractivity contribution in [3.63, 3.8) is 0 Å². The summed E-state index contributed by atoms with van der Waals surface area (Å²) < 4.78 is 29.6. The molecule has 180 valence electrons. The number of hydrogen-bond donors (Lipinski definition) is 0. The number of carbonyl (C=O) groups is 1. The first kappa shape index (κ1) is 27.8. The fraction of sp³-hybridized carbons (Fsp3) is 0.435. The van der Waals surface area contributed by atoms with Crippen LogP contribution in [0.2, 0.25) is 5.02 Å². The molecular weight excluding hydrogens is 533 g/mol. The van der Waals surface area contributed by atoms with Crippen molar-refractivity contribution >= 4 is 48.7 Å². The summed E-state index contributed by atoms with van der Waals surface area (Å²) in [5, 5.41) is 3.74. The number of aromatic nitrogens is 3. The van der Waals surface area contributed by atoms with E-state index in [0.29, 0.717) is 17.5 Å². The number of hydrogen-bond acceptors (Lipinski definition) is 4. The average molecular weight is 562 g/mol. The fourth-order valence-electron chi connectivity index (χ4n) is 3.21. The number of aldehydes is 1. The molecule has 33 heavy (non-hydrogen) atoms. The van der Waals surface area contributed by atoms with E-state index < -0.39 is 11.4 Å². The zero-order chi connectivity index (χ0) is 24.6. The van der Waals surface area contributed by atoms with Gasteiger partial charge in [-0.2, -0.15) is 13.9 Å². The van der Waals surface area contributed by atoms with Crippen LogP contribution in [0.3, 0.4) is 0 Å². The van der Waals surface area contributed by atoms with Gasteiger partial charge < -0.3 is 4.90 Å². The largest absolute Gasteiger partial charge is 0.306 e. The van der Waals surface area contributed by atoms with Gasteiger partial charge in [0.05, 0.1) is 5.69 Å². The molecule has 2 aromatic heterocycles. The van der Waals surface area contributed by atoms with Gasteiger partial charge in [-0.05, 0) is 51.2 Å². The van der Waals surface area contributed by atoms with Crippen molar-refractivity contribution in [3.05, 3.63) is 51.2 Å². The molecule has 3 rings (SSSR count). The smallest absolute Gasteiger partial charge is 0.300 e. The second-order valence-electron chi connectivity index (χ2n) is 7.72. The molecule has 1 unspecified atom stereocenters. The molecule has 10 heteroatoms. The molecule has 0 saturated carbocycles. The Morgan fingerprint density at radius 2 is 1.85 bits per heavy atom. The van der Waals surface area contributed by atoms with Crippen LogP contribution in [0.25, 0.3) is 16.9 Å². The summed E-state index contributed by atoms with van der Waals surface area (Å²) in [6, 6.07) is 8.24. The summed E-state index contributed by atoms with van der Waals surface area (Å²) in [6.07, 6.45) is 5.77. The molecule has 0 aliphatic heterocycles. The van der Waals surface area contributed by atoms with E-state index >= 15 is 0 Å². The quantitative estimate of drug-likeness (QED) is 0.159. The van der Waals surface area contributed by atoms with Crippen LogP contribution in [0, 0.1) is 0 Å². The summed E-state index contributed by atoms with van der Waals surface area (Å²) in [5.41, 5.74) is -2.88. The van der Waals surface area contributed by atoms with E-state index in [9.17, 15) is 13.6 Å². The van der Waals surface area contributed by atoms with Gasteiger partial charge in [-0.15, -0.1) is 0 Å². The summed E-state index contributed by atoms with van der Waals surface area (Å²) >= 11 is 9.34. The number of alkyl halides is 2. The van der Waals surface area contributed by atoms with Crippen LogP contribution in [-0.2, 0) is 5.66 Å². The van der Waals surface area contributed by atoms with Gasteiger partial charge >= 0.3 is 0 Å². The predicted octanol–water partition coefficient (Wildman–Crippen LogP) is 7.07. The molecule has 0 radical (unpaired) electrons. The fourth-order valence-corrected chi connectivity index (χ4v) is 3.89.